The Morgan fingerprint density at radius 2 is 2.15 bits per heavy atom. The van der Waals surface area contributed by atoms with Crippen molar-refractivity contribution in [3.8, 4) is 5.75 Å². The summed E-state index contributed by atoms with van der Waals surface area (Å²) in [5.74, 6) is 1.53. The van der Waals surface area contributed by atoms with E-state index in [1.54, 1.807) is 11.0 Å². The van der Waals surface area contributed by atoms with E-state index < -0.39 is 0 Å². The highest BCUT2D eigenvalue weighted by Crippen LogP contribution is 2.26. The van der Waals surface area contributed by atoms with Crippen LogP contribution in [0.1, 0.15) is 11.1 Å². The molecule has 2 aliphatic heterocycles. The fourth-order valence-electron chi connectivity index (χ4n) is 2.81. The summed E-state index contributed by atoms with van der Waals surface area (Å²) in [5.41, 5.74) is 1.51. The number of rotatable bonds is 2. The van der Waals surface area contributed by atoms with Crippen molar-refractivity contribution in [2.24, 2.45) is 4.99 Å². The lowest BCUT2D eigenvalue weighted by Gasteiger charge is -2.21. The van der Waals surface area contributed by atoms with E-state index in [1.165, 1.54) is 11.9 Å². The Morgan fingerprint density at radius 1 is 1.31 bits per heavy atom. The van der Waals surface area contributed by atoms with Crippen molar-refractivity contribution in [1.29, 1.82) is 0 Å². The van der Waals surface area contributed by atoms with Crippen LogP contribution in [0.5, 0.6) is 5.75 Å². The van der Waals surface area contributed by atoms with E-state index in [1.807, 2.05) is 42.5 Å². The van der Waals surface area contributed by atoms with Gasteiger partial charge in [0, 0.05) is 16.1 Å². The van der Waals surface area contributed by atoms with E-state index in [-0.39, 0.29) is 11.5 Å². The number of fused-ring (bicyclic) bond motifs is 1. The molecule has 8 heteroatoms. The number of carbonyl (C=O) groups is 1. The van der Waals surface area contributed by atoms with Crippen LogP contribution in [0.3, 0.4) is 0 Å². The smallest absolute Gasteiger partial charge is 0.320 e. The molecule has 2 aromatic carbocycles. The zero-order valence-corrected chi connectivity index (χ0v) is 15.4. The van der Waals surface area contributed by atoms with Gasteiger partial charge in [-0.3, -0.25) is 0 Å². The Balaban J connectivity index is 1.43. The van der Waals surface area contributed by atoms with E-state index in [2.05, 4.69) is 15.0 Å². The zero-order valence-electron chi connectivity index (χ0n) is 13.8. The monoisotopic (exact) mass is 388 g/mol. The van der Waals surface area contributed by atoms with E-state index in [0.717, 1.165) is 22.7 Å². The predicted octanol–water partition coefficient (Wildman–Crippen LogP) is 3.23. The van der Waals surface area contributed by atoms with Gasteiger partial charge in [-0.1, -0.05) is 41.9 Å². The number of hydrogen-bond donors (Lipinski definition) is 2. The molecule has 0 aliphatic carbocycles. The molecule has 0 bridgehead atoms. The summed E-state index contributed by atoms with van der Waals surface area (Å²) < 4.78 is 8.86. The molecule has 0 saturated heterocycles. The van der Waals surface area contributed by atoms with Gasteiger partial charge in [0.05, 0.1) is 13.1 Å². The maximum absolute atomic E-state index is 12.7. The number of urea groups is 1. The lowest BCUT2D eigenvalue weighted by molar-refractivity contribution is 0.187. The second-order valence-electron chi connectivity index (χ2n) is 5.89. The molecule has 0 spiro atoms. The third-order valence-corrected chi connectivity index (χ3v) is 5.09. The molecule has 0 radical (unpaired) electrons. The Kier molecular flexibility index (Phi) is 4.90. The topological polar surface area (TPSA) is 66.0 Å². The van der Waals surface area contributed by atoms with Crippen molar-refractivity contribution in [3.63, 3.8) is 0 Å². The normalized spacial score (nSPS) is 18.9. The van der Waals surface area contributed by atoms with Gasteiger partial charge in [0.15, 0.2) is 5.50 Å². The predicted molar refractivity (Wildman–Crippen MR) is 103 cm³/mol. The second-order valence-corrected chi connectivity index (χ2v) is 7.21. The van der Waals surface area contributed by atoms with Gasteiger partial charge < -0.3 is 19.7 Å². The molecular weight excluding hydrogens is 372 g/mol. The summed E-state index contributed by atoms with van der Waals surface area (Å²) in [6, 6.07) is 15.1. The van der Waals surface area contributed by atoms with Crippen LogP contribution in [0.4, 0.5) is 4.79 Å². The number of nitrogens with one attached hydrogen (secondary N) is 2. The fraction of sp³-hybridized carbons (Fsp3) is 0.222. The number of amidine groups is 1. The zero-order chi connectivity index (χ0) is 17.9. The van der Waals surface area contributed by atoms with Crippen molar-refractivity contribution in [2.75, 3.05) is 13.2 Å². The summed E-state index contributed by atoms with van der Waals surface area (Å²) in [7, 11) is 0. The van der Waals surface area contributed by atoms with Gasteiger partial charge in [0.25, 0.3) is 0 Å². The van der Waals surface area contributed by atoms with Gasteiger partial charge >= 0.3 is 6.03 Å². The summed E-state index contributed by atoms with van der Waals surface area (Å²) in [6.07, 6.45) is 0. The van der Waals surface area contributed by atoms with Crippen LogP contribution in [-0.4, -0.2) is 35.4 Å². The molecule has 26 heavy (non-hydrogen) atoms. The average molecular weight is 389 g/mol. The molecule has 2 N–H and O–H groups in total. The van der Waals surface area contributed by atoms with E-state index in [4.69, 9.17) is 16.3 Å². The molecule has 0 fully saturated rings. The Hall–Kier alpha value is -2.38. The first-order valence-corrected chi connectivity index (χ1v) is 9.46. The molecule has 2 aromatic rings. The number of carbonyl (C=O) groups excluding carboxylic acids is 1. The quantitative estimate of drug-likeness (QED) is 0.775. The van der Waals surface area contributed by atoms with Crippen molar-refractivity contribution in [1.82, 2.24) is 14.9 Å². The highest BCUT2D eigenvalue weighted by molar-refractivity contribution is 7.98. The first-order valence-electron chi connectivity index (χ1n) is 8.20. The number of aliphatic imine (C=N–C) groups is 1. The minimum absolute atomic E-state index is 0.182. The first-order chi connectivity index (χ1) is 12.7. The summed E-state index contributed by atoms with van der Waals surface area (Å²) in [4.78, 5) is 18.9. The molecule has 2 amide bonds. The molecule has 1 unspecified atom stereocenters. The molecule has 2 heterocycles. The minimum Gasteiger partial charge on any atom is -0.491 e. The van der Waals surface area contributed by atoms with Gasteiger partial charge in [0.1, 0.15) is 18.2 Å². The van der Waals surface area contributed by atoms with Crippen LogP contribution in [0.2, 0.25) is 5.02 Å². The van der Waals surface area contributed by atoms with E-state index >= 15 is 0 Å². The highest BCUT2D eigenvalue weighted by Gasteiger charge is 2.25. The molecule has 4 rings (SSSR count). The van der Waals surface area contributed by atoms with Crippen LogP contribution in [-0.2, 0) is 6.54 Å². The lowest BCUT2D eigenvalue weighted by Crippen LogP contribution is -2.43. The van der Waals surface area contributed by atoms with Crippen LogP contribution >= 0.6 is 23.5 Å². The second kappa shape index (κ2) is 7.47. The SMILES string of the molecule is O=C(NC1N=C(c2ccccc2)NS1)N1CCOc2ccc(Cl)cc2C1. The lowest BCUT2D eigenvalue weighted by atomic mass is 10.2. The van der Waals surface area contributed by atoms with E-state index in [0.29, 0.717) is 24.7 Å². The molecule has 0 aromatic heterocycles. The van der Waals surface area contributed by atoms with Gasteiger partial charge in [-0.2, -0.15) is 0 Å². The van der Waals surface area contributed by atoms with Crippen LogP contribution in [0.15, 0.2) is 53.5 Å². The fourth-order valence-corrected chi connectivity index (χ4v) is 3.71. The number of nitrogens with zero attached hydrogens (tertiary/aromatic N) is 2. The van der Waals surface area contributed by atoms with Crippen LogP contribution in [0, 0.1) is 0 Å². The number of benzene rings is 2. The van der Waals surface area contributed by atoms with Gasteiger partial charge in [-0.05, 0) is 30.1 Å². The molecule has 0 saturated carbocycles. The van der Waals surface area contributed by atoms with E-state index in [9.17, 15) is 4.79 Å². The van der Waals surface area contributed by atoms with Crippen LogP contribution < -0.4 is 14.8 Å². The largest absolute Gasteiger partial charge is 0.491 e. The standard InChI is InChI=1S/C18H17ClN4O2S/c19-14-6-7-15-13(10-14)11-23(8-9-25-15)18(24)21-17-20-16(22-26-17)12-4-2-1-3-5-12/h1-7,10,17H,8-9,11H2,(H,20,22)(H,21,24). The Labute approximate surface area is 160 Å². The minimum atomic E-state index is -0.374. The third-order valence-electron chi connectivity index (χ3n) is 4.10. The summed E-state index contributed by atoms with van der Waals surface area (Å²) >= 11 is 7.43. The van der Waals surface area contributed by atoms with Crippen LogP contribution in [0.25, 0.3) is 0 Å². The maximum Gasteiger partial charge on any atom is 0.320 e. The summed E-state index contributed by atoms with van der Waals surface area (Å²) in [6.45, 7) is 1.39. The summed E-state index contributed by atoms with van der Waals surface area (Å²) in [5, 5.41) is 3.56. The molecule has 2 aliphatic rings. The van der Waals surface area contributed by atoms with Gasteiger partial charge in [0.2, 0.25) is 0 Å². The number of hydrogen-bond acceptors (Lipinski definition) is 5. The maximum atomic E-state index is 12.7. The first kappa shape index (κ1) is 17.1. The average Bonchev–Trinajstić information content (AvgIpc) is 3.01. The number of ether oxygens (including phenoxy) is 1. The van der Waals surface area contributed by atoms with Gasteiger partial charge in [-0.15, -0.1) is 0 Å². The third kappa shape index (κ3) is 3.73. The van der Waals surface area contributed by atoms with Crippen molar-refractivity contribution < 1.29 is 9.53 Å². The van der Waals surface area contributed by atoms with Gasteiger partial charge in [-0.25, -0.2) is 9.79 Å². The molecule has 6 nitrogen and oxygen atoms in total. The molecule has 1 atom stereocenters. The number of halogens is 1. The Bertz CT molecular complexity index is 846. The highest BCUT2D eigenvalue weighted by atomic mass is 35.5. The molecule has 134 valence electrons. The Morgan fingerprint density at radius 3 is 3.00 bits per heavy atom. The van der Waals surface area contributed by atoms with Crippen molar-refractivity contribution in [2.45, 2.75) is 12.0 Å². The number of amides is 2. The van der Waals surface area contributed by atoms with Crippen molar-refractivity contribution in [3.05, 3.63) is 64.7 Å². The molecular formula is C18H17ClN4O2S. The van der Waals surface area contributed by atoms with Crippen molar-refractivity contribution >= 4 is 35.4 Å².